The van der Waals surface area contributed by atoms with Crippen LogP contribution in [0.3, 0.4) is 0 Å². The van der Waals surface area contributed by atoms with E-state index in [2.05, 4.69) is 15.3 Å². The highest BCUT2D eigenvalue weighted by Gasteiger charge is 2.04. The average Bonchev–Trinajstić information content (AvgIpc) is 2.28. The predicted octanol–water partition coefficient (Wildman–Crippen LogP) is 1.58. The molecular formula is C10H14N4O2. The molecule has 0 aliphatic rings. The fourth-order valence-electron chi connectivity index (χ4n) is 0.966. The van der Waals surface area contributed by atoms with Gasteiger partial charge in [-0.15, -0.1) is 5.11 Å². The van der Waals surface area contributed by atoms with Gasteiger partial charge in [-0.25, -0.2) is 0 Å². The predicted molar refractivity (Wildman–Crippen MR) is 58.0 cm³/mol. The summed E-state index contributed by atoms with van der Waals surface area (Å²) in [4.78, 5) is 15.0. The molecule has 16 heavy (non-hydrogen) atoms. The quantitative estimate of drug-likeness (QED) is 0.431. The van der Waals surface area contributed by atoms with Gasteiger partial charge < -0.3 is 4.74 Å². The van der Waals surface area contributed by atoms with Crippen molar-refractivity contribution in [1.82, 2.24) is 9.99 Å². The lowest BCUT2D eigenvalue weighted by molar-refractivity contribution is -0.144. The van der Waals surface area contributed by atoms with Gasteiger partial charge in [0, 0.05) is 13.2 Å². The zero-order valence-electron chi connectivity index (χ0n) is 9.33. The summed E-state index contributed by atoms with van der Waals surface area (Å²) in [5, 5.41) is 9.14. The van der Waals surface area contributed by atoms with Crippen molar-refractivity contribution >= 4 is 11.7 Å². The molecule has 0 atom stereocenters. The van der Waals surface area contributed by atoms with Crippen molar-refractivity contribution in [2.45, 2.75) is 6.92 Å². The summed E-state index contributed by atoms with van der Waals surface area (Å²) in [6, 6.07) is 3.54. The van der Waals surface area contributed by atoms with Crippen molar-refractivity contribution < 1.29 is 9.53 Å². The highest BCUT2D eigenvalue weighted by atomic mass is 16.5. The van der Waals surface area contributed by atoms with Crippen LogP contribution in [0.5, 0.6) is 0 Å². The molecule has 0 spiro atoms. The van der Waals surface area contributed by atoms with E-state index in [-0.39, 0.29) is 12.5 Å². The molecule has 0 amide bonds. The maximum atomic E-state index is 11.1. The van der Waals surface area contributed by atoms with Crippen LogP contribution < -0.4 is 0 Å². The van der Waals surface area contributed by atoms with Crippen molar-refractivity contribution in [3.8, 4) is 0 Å². The number of likely N-dealkylation sites (N-methyl/N-ethyl adjacent to an activating group) is 1. The number of hydrogen-bond acceptors (Lipinski definition) is 5. The van der Waals surface area contributed by atoms with E-state index in [1.54, 1.807) is 38.5 Å². The van der Waals surface area contributed by atoms with Gasteiger partial charge in [-0.05, 0) is 19.1 Å². The van der Waals surface area contributed by atoms with Crippen molar-refractivity contribution in [3.63, 3.8) is 0 Å². The van der Waals surface area contributed by atoms with Crippen LogP contribution in [-0.2, 0) is 9.53 Å². The highest BCUT2D eigenvalue weighted by Crippen LogP contribution is 2.08. The maximum absolute atomic E-state index is 11.1. The smallest absolute Gasteiger partial charge is 0.327 e. The Hall–Kier alpha value is -1.98. The SMILES string of the molecule is CCOC(=O)CN(C)N=Nc1cccnc1. The zero-order chi connectivity index (χ0) is 11.8. The van der Waals surface area contributed by atoms with Gasteiger partial charge in [-0.1, -0.05) is 5.22 Å². The number of nitrogens with zero attached hydrogens (tertiary/aromatic N) is 4. The highest BCUT2D eigenvalue weighted by molar-refractivity contribution is 5.71. The fourth-order valence-corrected chi connectivity index (χ4v) is 0.966. The van der Waals surface area contributed by atoms with E-state index in [4.69, 9.17) is 4.74 Å². The van der Waals surface area contributed by atoms with Gasteiger partial charge in [-0.3, -0.25) is 14.8 Å². The standard InChI is InChI=1S/C10H14N4O2/c1-3-16-10(15)8-14(2)13-12-9-5-4-6-11-7-9/h4-7H,3,8H2,1-2H3. The molecule has 0 bridgehead atoms. The van der Waals surface area contributed by atoms with Crippen LogP contribution in [0.2, 0.25) is 0 Å². The number of carbonyl (C=O) groups is 1. The molecule has 1 heterocycles. The number of pyridine rings is 1. The van der Waals surface area contributed by atoms with E-state index in [0.29, 0.717) is 12.3 Å². The number of rotatable bonds is 5. The minimum absolute atomic E-state index is 0.0810. The molecule has 6 heteroatoms. The van der Waals surface area contributed by atoms with Crippen LogP contribution >= 0.6 is 0 Å². The van der Waals surface area contributed by atoms with E-state index in [1.165, 1.54) is 5.01 Å². The third-order valence-corrected chi connectivity index (χ3v) is 1.62. The first kappa shape index (κ1) is 12.1. The summed E-state index contributed by atoms with van der Waals surface area (Å²) >= 11 is 0. The van der Waals surface area contributed by atoms with Gasteiger partial charge in [0.25, 0.3) is 0 Å². The van der Waals surface area contributed by atoms with Gasteiger partial charge in [0.15, 0.2) is 0 Å². The van der Waals surface area contributed by atoms with E-state index in [9.17, 15) is 4.79 Å². The molecular weight excluding hydrogens is 208 g/mol. The lowest BCUT2D eigenvalue weighted by Gasteiger charge is -2.09. The topological polar surface area (TPSA) is 67.2 Å². The van der Waals surface area contributed by atoms with Crippen molar-refractivity contribution in [2.24, 2.45) is 10.3 Å². The van der Waals surface area contributed by atoms with Crippen molar-refractivity contribution in [2.75, 3.05) is 20.2 Å². The second kappa shape index (κ2) is 6.49. The first-order chi connectivity index (χ1) is 7.72. The van der Waals surface area contributed by atoms with E-state index < -0.39 is 0 Å². The van der Waals surface area contributed by atoms with Gasteiger partial charge in [0.05, 0.1) is 12.8 Å². The van der Waals surface area contributed by atoms with Crippen LogP contribution in [0, 0.1) is 0 Å². The zero-order valence-corrected chi connectivity index (χ0v) is 9.33. The Morgan fingerprint density at radius 3 is 3.06 bits per heavy atom. The minimum atomic E-state index is -0.324. The number of esters is 1. The average molecular weight is 222 g/mol. The molecule has 1 aromatic rings. The van der Waals surface area contributed by atoms with Crippen LogP contribution in [0.4, 0.5) is 5.69 Å². The Morgan fingerprint density at radius 1 is 1.62 bits per heavy atom. The molecule has 86 valence electrons. The number of hydrogen-bond donors (Lipinski definition) is 0. The summed E-state index contributed by atoms with van der Waals surface area (Å²) < 4.78 is 4.77. The minimum Gasteiger partial charge on any atom is -0.465 e. The van der Waals surface area contributed by atoms with Crippen LogP contribution in [0.25, 0.3) is 0 Å². The molecule has 0 unspecified atom stereocenters. The van der Waals surface area contributed by atoms with Crippen LogP contribution in [-0.4, -0.2) is 36.2 Å². The molecule has 0 aliphatic carbocycles. The Balaban J connectivity index is 2.42. The van der Waals surface area contributed by atoms with Crippen LogP contribution in [0.15, 0.2) is 34.9 Å². The Bertz CT molecular complexity index is 353. The van der Waals surface area contributed by atoms with E-state index >= 15 is 0 Å². The van der Waals surface area contributed by atoms with Crippen molar-refractivity contribution in [1.29, 1.82) is 0 Å². The summed E-state index contributed by atoms with van der Waals surface area (Å²) in [5.74, 6) is -0.324. The Labute approximate surface area is 93.9 Å². The molecule has 0 saturated carbocycles. The van der Waals surface area contributed by atoms with E-state index in [1.807, 2.05) is 0 Å². The van der Waals surface area contributed by atoms with Gasteiger partial charge >= 0.3 is 5.97 Å². The molecule has 6 nitrogen and oxygen atoms in total. The third-order valence-electron chi connectivity index (χ3n) is 1.62. The normalized spacial score (nSPS) is 10.4. The molecule has 0 aliphatic heterocycles. The molecule has 0 N–H and O–H groups in total. The lowest BCUT2D eigenvalue weighted by Crippen LogP contribution is -2.22. The third kappa shape index (κ3) is 4.50. The molecule has 1 rings (SSSR count). The number of ether oxygens (including phenoxy) is 1. The summed E-state index contributed by atoms with van der Waals surface area (Å²) in [7, 11) is 1.65. The number of carbonyl (C=O) groups excluding carboxylic acids is 1. The van der Waals surface area contributed by atoms with Gasteiger partial charge in [-0.2, -0.15) is 0 Å². The monoisotopic (exact) mass is 222 g/mol. The molecule has 0 fully saturated rings. The summed E-state index contributed by atoms with van der Waals surface area (Å²) in [5.41, 5.74) is 0.637. The first-order valence-electron chi connectivity index (χ1n) is 4.91. The lowest BCUT2D eigenvalue weighted by atomic mass is 10.4. The maximum Gasteiger partial charge on any atom is 0.327 e. The fraction of sp³-hybridized carbons (Fsp3) is 0.400. The second-order valence-electron chi connectivity index (χ2n) is 3.02. The van der Waals surface area contributed by atoms with Gasteiger partial charge in [0.2, 0.25) is 0 Å². The number of aromatic nitrogens is 1. The van der Waals surface area contributed by atoms with E-state index in [0.717, 1.165) is 0 Å². The molecule has 0 saturated heterocycles. The Morgan fingerprint density at radius 2 is 2.44 bits per heavy atom. The molecule has 1 aromatic heterocycles. The molecule has 0 aromatic carbocycles. The summed E-state index contributed by atoms with van der Waals surface area (Å²) in [6.45, 7) is 2.21. The van der Waals surface area contributed by atoms with Crippen LogP contribution in [0.1, 0.15) is 6.92 Å². The van der Waals surface area contributed by atoms with Gasteiger partial charge in [0.1, 0.15) is 12.2 Å². The summed E-state index contributed by atoms with van der Waals surface area (Å²) in [6.07, 6.45) is 3.24. The Kier molecular flexibility index (Phi) is 4.91. The van der Waals surface area contributed by atoms with Crippen molar-refractivity contribution in [3.05, 3.63) is 24.5 Å². The first-order valence-corrected chi connectivity index (χ1v) is 4.91. The molecule has 0 radical (unpaired) electrons. The second-order valence-corrected chi connectivity index (χ2v) is 3.02. The largest absolute Gasteiger partial charge is 0.465 e.